The Morgan fingerprint density at radius 1 is 1.07 bits per heavy atom. The van der Waals surface area contributed by atoms with Gasteiger partial charge < -0.3 is 35.2 Å². The van der Waals surface area contributed by atoms with Crippen LogP contribution in [0.4, 0.5) is 0 Å². The van der Waals surface area contributed by atoms with Crippen LogP contribution in [0.3, 0.4) is 0 Å². The number of amides is 1. The van der Waals surface area contributed by atoms with Crippen molar-refractivity contribution in [2.75, 3.05) is 13.2 Å². The molecule has 0 aromatic carbocycles. The molecule has 28 heavy (non-hydrogen) atoms. The maximum atomic E-state index is 12.8. The van der Waals surface area contributed by atoms with Gasteiger partial charge in [-0.25, -0.2) is 0 Å². The van der Waals surface area contributed by atoms with Gasteiger partial charge in [0.05, 0.1) is 19.1 Å². The molecule has 0 aromatic rings. The molecule has 1 aliphatic heterocycles. The number of aliphatic hydroxyl groups excluding tert-OH is 4. The standard InChI is InChI=1S/C20H33NO7/c1-10(9-27-19-17(25)16(24)15(23)14(8-22)28-19)18(26)21-20-5-11-2-12(6-20)4-13(3-11)7-20/h10-17,19,22-25H,2-9H2,1H3,(H,21,26)/t10-,11?,12?,13?,14-,15+,16+,17-,19-,20?/m1/s1. The summed E-state index contributed by atoms with van der Waals surface area (Å²) in [5.74, 6) is 1.72. The van der Waals surface area contributed by atoms with Crippen LogP contribution in [-0.4, -0.2) is 75.8 Å². The second-order valence-electron chi connectivity index (χ2n) is 9.62. The molecule has 0 radical (unpaired) electrons. The molecule has 0 unspecified atom stereocenters. The van der Waals surface area contributed by atoms with E-state index < -0.39 is 43.2 Å². The van der Waals surface area contributed by atoms with Gasteiger partial charge in [-0.1, -0.05) is 6.92 Å². The van der Waals surface area contributed by atoms with Crippen LogP contribution < -0.4 is 5.32 Å². The highest BCUT2D eigenvalue weighted by Crippen LogP contribution is 2.55. The SMILES string of the molecule is C[C@H](CO[C@@H]1O[C@H](CO)[C@H](O)[C@H](O)[C@H]1O)C(=O)NC12CC3CC(CC(C3)C1)C2. The van der Waals surface area contributed by atoms with Crippen molar-refractivity contribution in [2.24, 2.45) is 23.7 Å². The van der Waals surface area contributed by atoms with Crippen molar-refractivity contribution in [1.82, 2.24) is 5.32 Å². The number of hydrogen-bond acceptors (Lipinski definition) is 7. The van der Waals surface area contributed by atoms with E-state index in [0.29, 0.717) is 0 Å². The molecule has 4 saturated carbocycles. The molecule has 5 N–H and O–H groups in total. The van der Waals surface area contributed by atoms with Gasteiger partial charge in [-0.2, -0.15) is 0 Å². The van der Waals surface area contributed by atoms with Gasteiger partial charge in [0.1, 0.15) is 24.4 Å². The van der Waals surface area contributed by atoms with E-state index in [0.717, 1.165) is 37.0 Å². The summed E-state index contributed by atoms with van der Waals surface area (Å²) in [7, 11) is 0. The Morgan fingerprint density at radius 3 is 2.18 bits per heavy atom. The van der Waals surface area contributed by atoms with Crippen molar-refractivity contribution < 1.29 is 34.7 Å². The number of aliphatic hydroxyl groups is 4. The molecule has 5 aliphatic rings. The predicted molar refractivity (Wildman–Crippen MR) is 97.9 cm³/mol. The second-order valence-corrected chi connectivity index (χ2v) is 9.62. The van der Waals surface area contributed by atoms with Gasteiger partial charge >= 0.3 is 0 Å². The third-order valence-electron chi connectivity index (χ3n) is 7.23. The Bertz CT molecular complexity index is 548. The average Bonchev–Trinajstić information content (AvgIpc) is 2.64. The number of ether oxygens (including phenoxy) is 2. The molecule has 4 bridgehead atoms. The fraction of sp³-hybridized carbons (Fsp3) is 0.950. The lowest BCUT2D eigenvalue weighted by Crippen LogP contribution is -2.61. The summed E-state index contributed by atoms with van der Waals surface area (Å²) in [5, 5.41) is 42.2. The summed E-state index contributed by atoms with van der Waals surface area (Å²) in [6.45, 7) is 1.27. The minimum Gasteiger partial charge on any atom is -0.394 e. The molecule has 160 valence electrons. The summed E-state index contributed by atoms with van der Waals surface area (Å²) >= 11 is 0. The smallest absolute Gasteiger partial charge is 0.225 e. The summed E-state index contributed by atoms with van der Waals surface area (Å²) < 4.78 is 10.9. The number of carbonyl (C=O) groups excluding carboxylic acids is 1. The van der Waals surface area contributed by atoms with Crippen LogP contribution in [0.1, 0.15) is 45.4 Å². The first-order valence-electron chi connectivity index (χ1n) is 10.5. The number of rotatable bonds is 6. The quantitative estimate of drug-likeness (QED) is 0.408. The zero-order valence-electron chi connectivity index (χ0n) is 16.4. The third kappa shape index (κ3) is 3.82. The predicted octanol–water partition coefficient (Wildman–Crippen LogP) is -0.476. The molecule has 1 saturated heterocycles. The first-order valence-corrected chi connectivity index (χ1v) is 10.5. The van der Waals surface area contributed by atoms with Crippen LogP contribution in [0, 0.1) is 23.7 Å². The maximum absolute atomic E-state index is 12.8. The molecule has 1 amide bonds. The van der Waals surface area contributed by atoms with Gasteiger partial charge in [0.25, 0.3) is 0 Å². The first-order chi connectivity index (χ1) is 13.3. The van der Waals surface area contributed by atoms with Crippen molar-refractivity contribution in [2.45, 2.75) is 81.7 Å². The summed E-state index contributed by atoms with van der Waals surface area (Å²) in [5.41, 5.74) is -0.0662. The zero-order chi connectivity index (χ0) is 20.1. The highest BCUT2D eigenvalue weighted by atomic mass is 16.7. The van der Waals surface area contributed by atoms with E-state index in [1.165, 1.54) is 19.3 Å². The van der Waals surface area contributed by atoms with Gasteiger partial charge in [0.15, 0.2) is 6.29 Å². The van der Waals surface area contributed by atoms with Crippen molar-refractivity contribution in [3.05, 3.63) is 0 Å². The second kappa shape index (κ2) is 7.81. The molecule has 5 rings (SSSR count). The van der Waals surface area contributed by atoms with E-state index in [4.69, 9.17) is 9.47 Å². The summed E-state index contributed by atoms with van der Waals surface area (Å²) in [4.78, 5) is 12.8. The van der Waals surface area contributed by atoms with Crippen LogP contribution in [0.25, 0.3) is 0 Å². The summed E-state index contributed by atoms with van der Waals surface area (Å²) in [6, 6.07) is 0. The van der Waals surface area contributed by atoms with Crippen molar-refractivity contribution >= 4 is 5.91 Å². The molecule has 0 spiro atoms. The van der Waals surface area contributed by atoms with Gasteiger partial charge in [-0.15, -0.1) is 0 Å². The van der Waals surface area contributed by atoms with Gasteiger partial charge in [0, 0.05) is 5.54 Å². The van der Waals surface area contributed by atoms with Crippen LogP contribution in [0.15, 0.2) is 0 Å². The fourth-order valence-corrected chi connectivity index (χ4v) is 6.17. The molecule has 1 heterocycles. The Hall–Kier alpha value is -0.770. The highest BCUT2D eigenvalue weighted by molar-refractivity contribution is 5.79. The van der Waals surface area contributed by atoms with Gasteiger partial charge in [-0.3, -0.25) is 4.79 Å². The molecule has 8 heteroatoms. The summed E-state index contributed by atoms with van der Waals surface area (Å²) in [6.07, 6.45) is 0.590. The monoisotopic (exact) mass is 399 g/mol. The van der Waals surface area contributed by atoms with Crippen LogP contribution >= 0.6 is 0 Å². The first kappa shape index (κ1) is 20.5. The van der Waals surface area contributed by atoms with E-state index in [1.807, 2.05) is 0 Å². The number of carbonyl (C=O) groups is 1. The number of hydrogen-bond donors (Lipinski definition) is 5. The van der Waals surface area contributed by atoms with Gasteiger partial charge in [-0.05, 0) is 56.3 Å². The van der Waals surface area contributed by atoms with E-state index in [2.05, 4.69) is 5.32 Å². The number of nitrogens with one attached hydrogen (secondary N) is 1. The van der Waals surface area contributed by atoms with E-state index >= 15 is 0 Å². The Balaban J connectivity index is 1.30. The molecule has 4 aliphatic carbocycles. The van der Waals surface area contributed by atoms with E-state index in [-0.39, 0.29) is 18.1 Å². The minimum atomic E-state index is -1.48. The van der Waals surface area contributed by atoms with Crippen LogP contribution in [-0.2, 0) is 14.3 Å². The van der Waals surface area contributed by atoms with Crippen molar-refractivity contribution in [3.8, 4) is 0 Å². The molecule has 8 nitrogen and oxygen atoms in total. The lowest BCUT2D eigenvalue weighted by atomic mass is 9.53. The normalized spacial score (nSPS) is 48.5. The van der Waals surface area contributed by atoms with Gasteiger partial charge in [0.2, 0.25) is 5.91 Å². The Morgan fingerprint density at radius 2 is 1.64 bits per heavy atom. The van der Waals surface area contributed by atoms with Crippen LogP contribution in [0.2, 0.25) is 0 Å². The zero-order valence-corrected chi connectivity index (χ0v) is 16.4. The fourth-order valence-electron chi connectivity index (χ4n) is 6.17. The third-order valence-corrected chi connectivity index (χ3v) is 7.23. The highest BCUT2D eigenvalue weighted by Gasteiger charge is 2.52. The van der Waals surface area contributed by atoms with Crippen LogP contribution in [0.5, 0.6) is 0 Å². The maximum Gasteiger partial charge on any atom is 0.225 e. The molecular formula is C20H33NO7. The minimum absolute atomic E-state index is 0.0148. The Kier molecular flexibility index (Phi) is 5.72. The van der Waals surface area contributed by atoms with E-state index in [9.17, 15) is 25.2 Å². The molecule has 5 fully saturated rings. The molecular weight excluding hydrogens is 366 g/mol. The molecule has 0 aromatic heterocycles. The lowest BCUT2D eigenvalue weighted by molar-refractivity contribution is -0.302. The average molecular weight is 399 g/mol. The Labute approximate surface area is 165 Å². The topological polar surface area (TPSA) is 128 Å². The van der Waals surface area contributed by atoms with E-state index in [1.54, 1.807) is 6.92 Å². The van der Waals surface area contributed by atoms with Crippen molar-refractivity contribution in [3.63, 3.8) is 0 Å². The lowest BCUT2D eigenvalue weighted by Gasteiger charge is -2.57. The largest absolute Gasteiger partial charge is 0.394 e. The molecule has 6 atom stereocenters. The van der Waals surface area contributed by atoms with Crippen molar-refractivity contribution in [1.29, 1.82) is 0 Å².